The normalized spacial score (nSPS) is 34.7. The summed E-state index contributed by atoms with van der Waals surface area (Å²) in [5.74, 6) is -3.80. The summed E-state index contributed by atoms with van der Waals surface area (Å²) >= 11 is 0. The number of hydrogen-bond acceptors (Lipinski definition) is 1. The Morgan fingerprint density at radius 1 is 0.826 bits per heavy atom. The molecular formula is C18H19F4N. The van der Waals surface area contributed by atoms with E-state index in [1.54, 1.807) is 0 Å². The Bertz CT molecular complexity index is 618. The minimum absolute atomic E-state index is 0.426. The fourth-order valence-electron chi connectivity index (χ4n) is 5.47. The molecule has 0 radical (unpaired) electrons. The van der Waals surface area contributed by atoms with Gasteiger partial charge in [-0.05, 0) is 56.3 Å². The lowest BCUT2D eigenvalue weighted by atomic mass is 9.53. The van der Waals surface area contributed by atoms with E-state index in [2.05, 4.69) is 11.9 Å². The van der Waals surface area contributed by atoms with Crippen LogP contribution in [0, 0.1) is 41.0 Å². The van der Waals surface area contributed by atoms with Crippen molar-refractivity contribution in [2.24, 2.45) is 17.8 Å². The molecule has 0 heterocycles. The maximum Gasteiger partial charge on any atom is 0.185 e. The van der Waals surface area contributed by atoms with Gasteiger partial charge in [0.25, 0.3) is 0 Å². The van der Waals surface area contributed by atoms with E-state index in [1.807, 2.05) is 0 Å². The van der Waals surface area contributed by atoms with Crippen LogP contribution in [-0.2, 0) is 0 Å². The van der Waals surface area contributed by atoms with Gasteiger partial charge in [0.05, 0.1) is 5.56 Å². The van der Waals surface area contributed by atoms with Crippen LogP contribution in [-0.4, -0.2) is 5.54 Å². The molecule has 0 atom stereocenters. The average molecular weight is 325 g/mol. The second-order valence-electron chi connectivity index (χ2n) is 7.57. The number of benzene rings is 1. The molecule has 1 N–H and O–H groups in total. The van der Waals surface area contributed by atoms with E-state index in [0.29, 0.717) is 17.8 Å². The molecule has 4 aliphatic carbocycles. The van der Waals surface area contributed by atoms with Crippen LogP contribution in [0.25, 0.3) is 6.08 Å². The van der Waals surface area contributed by atoms with Crippen molar-refractivity contribution < 1.29 is 17.6 Å². The monoisotopic (exact) mass is 325 g/mol. The van der Waals surface area contributed by atoms with Crippen molar-refractivity contribution in [2.75, 3.05) is 5.32 Å². The maximum absolute atomic E-state index is 14.3. The highest BCUT2D eigenvalue weighted by Gasteiger charge is 2.51. The standard InChI is InChI=1S/C18H19F4N/c1-2-12-13(19)15(21)17(16(22)14(12)20)23-18-6-9-3-10(7-18)5-11(4-9)8-18/h2,9-11,23H,1,3-8H2. The van der Waals surface area contributed by atoms with Crippen LogP contribution >= 0.6 is 0 Å². The summed E-state index contributed by atoms with van der Waals surface area (Å²) in [5, 5.41) is 2.89. The van der Waals surface area contributed by atoms with Gasteiger partial charge in [0.15, 0.2) is 23.3 Å². The fourth-order valence-corrected chi connectivity index (χ4v) is 5.47. The Morgan fingerprint density at radius 3 is 1.65 bits per heavy atom. The van der Waals surface area contributed by atoms with E-state index in [0.717, 1.165) is 25.3 Å². The Morgan fingerprint density at radius 2 is 1.26 bits per heavy atom. The lowest BCUT2D eigenvalue weighted by molar-refractivity contribution is 0.0103. The van der Waals surface area contributed by atoms with Crippen molar-refractivity contribution in [3.63, 3.8) is 0 Å². The van der Waals surface area contributed by atoms with Gasteiger partial charge in [-0.1, -0.05) is 12.7 Å². The first-order valence-corrected chi connectivity index (χ1v) is 8.19. The molecule has 0 saturated heterocycles. The highest BCUT2D eigenvalue weighted by atomic mass is 19.2. The second-order valence-corrected chi connectivity index (χ2v) is 7.57. The lowest BCUT2D eigenvalue weighted by Gasteiger charge is -2.57. The first kappa shape index (κ1) is 15.0. The van der Waals surface area contributed by atoms with Gasteiger partial charge in [-0.2, -0.15) is 0 Å². The van der Waals surface area contributed by atoms with Crippen molar-refractivity contribution in [3.8, 4) is 0 Å². The van der Waals surface area contributed by atoms with Gasteiger partial charge < -0.3 is 5.32 Å². The average Bonchev–Trinajstić information content (AvgIpc) is 2.49. The molecule has 4 bridgehead atoms. The molecule has 4 aliphatic rings. The van der Waals surface area contributed by atoms with Gasteiger partial charge >= 0.3 is 0 Å². The number of nitrogens with one attached hydrogen (secondary N) is 1. The molecule has 124 valence electrons. The molecular weight excluding hydrogens is 306 g/mol. The molecule has 5 heteroatoms. The highest BCUT2D eigenvalue weighted by Crippen LogP contribution is 2.56. The zero-order valence-corrected chi connectivity index (χ0v) is 12.8. The first-order valence-electron chi connectivity index (χ1n) is 8.19. The van der Waals surface area contributed by atoms with Crippen LogP contribution in [0.4, 0.5) is 23.2 Å². The molecule has 4 saturated carbocycles. The third kappa shape index (κ3) is 2.19. The Labute approximate surface area is 132 Å². The zero-order chi connectivity index (χ0) is 16.4. The van der Waals surface area contributed by atoms with E-state index in [1.165, 1.54) is 19.3 Å². The van der Waals surface area contributed by atoms with Crippen molar-refractivity contribution >= 4 is 11.8 Å². The first-order chi connectivity index (χ1) is 10.9. The van der Waals surface area contributed by atoms with E-state index >= 15 is 0 Å². The molecule has 0 aromatic heterocycles. The van der Waals surface area contributed by atoms with Gasteiger partial charge in [0.1, 0.15) is 5.69 Å². The van der Waals surface area contributed by atoms with Gasteiger partial charge in [-0.15, -0.1) is 0 Å². The van der Waals surface area contributed by atoms with Crippen LogP contribution in [0.15, 0.2) is 6.58 Å². The van der Waals surface area contributed by atoms with Crippen LogP contribution < -0.4 is 5.32 Å². The Hall–Kier alpha value is -1.52. The summed E-state index contributed by atoms with van der Waals surface area (Å²) < 4.78 is 56.5. The van der Waals surface area contributed by atoms with Crippen LogP contribution in [0.3, 0.4) is 0 Å². The summed E-state index contributed by atoms with van der Waals surface area (Å²) in [7, 11) is 0. The van der Waals surface area contributed by atoms with Gasteiger partial charge in [0.2, 0.25) is 0 Å². The van der Waals surface area contributed by atoms with E-state index in [4.69, 9.17) is 0 Å². The summed E-state index contributed by atoms with van der Waals surface area (Å²) in [6, 6.07) is 0. The lowest BCUT2D eigenvalue weighted by Crippen LogP contribution is -2.55. The summed E-state index contributed by atoms with van der Waals surface area (Å²) in [6.45, 7) is 3.21. The van der Waals surface area contributed by atoms with Gasteiger partial charge in [-0.25, -0.2) is 17.6 Å². The van der Waals surface area contributed by atoms with Crippen LogP contribution in [0.5, 0.6) is 0 Å². The van der Waals surface area contributed by atoms with E-state index in [-0.39, 0.29) is 0 Å². The molecule has 0 unspecified atom stereocenters. The third-order valence-electron chi connectivity index (χ3n) is 5.93. The summed E-state index contributed by atoms with van der Waals surface area (Å²) in [5.41, 5.74) is -1.84. The van der Waals surface area contributed by atoms with Gasteiger partial charge in [0, 0.05) is 5.54 Å². The molecule has 0 amide bonds. The van der Waals surface area contributed by atoms with Crippen molar-refractivity contribution in [3.05, 3.63) is 35.4 Å². The molecule has 4 fully saturated rings. The van der Waals surface area contributed by atoms with E-state index in [9.17, 15) is 17.6 Å². The van der Waals surface area contributed by atoms with Crippen LogP contribution in [0.2, 0.25) is 0 Å². The molecule has 23 heavy (non-hydrogen) atoms. The predicted octanol–water partition coefficient (Wildman–Crippen LogP) is 5.27. The predicted molar refractivity (Wildman–Crippen MR) is 80.9 cm³/mol. The number of rotatable bonds is 3. The number of halogens is 4. The smallest absolute Gasteiger partial charge is 0.185 e. The molecule has 1 aromatic rings. The minimum Gasteiger partial charge on any atom is -0.375 e. The quantitative estimate of drug-likeness (QED) is 0.590. The van der Waals surface area contributed by atoms with Crippen molar-refractivity contribution in [1.29, 1.82) is 0 Å². The molecule has 1 aromatic carbocycles. The Balaban J connectivity index is 1.74. The summed E-state index contributed by atoms with van der Waals surface area (Å²) in [6.07, 6.45) is 6.78. The van der Waals surface area contributed by atoms with Crippen molar-refractivity contribution in [2.45, 2.75) is 44.1 Å². The Kier molecular flexibility index (Phi) is 3.26. The molecule has 0 aliphatic heterocycles. The van der Waals surface area contributed by atoms with Crippen molar-refractivity contribution in [1.82, 2.24) is 0 Å². The largest absolute Gasteiger partial charge is 0.375 e. The minimum atomic E-state index is -1.38. The third-order valence-corrected chi connectivity index (χ3v) is 5.93. The van der Waals surface area contributed by atoms with E-state index < -0.39 is 40.1 Å². The highest BCUT2D eigenvalue weighted by molar-refractivity contribution is 5.58. The number of hydrogen-bond donors (Lipinski definition) is 1. The SMILES string of the molecule is C=Cc1c(F)c(F)c(NC23CC4CC(CC(C4)C2)C3)c(F)c1F. The maximum atomic E-state index is 14.3. The van der Waals surface area contributed by atoms with Gasteiger partial charge in [-0.3, -0.25) is 0 Å². The molecule has 5 rings (SSSR count). The topological polar surface area (TPSA) is 12.0 Å². The second kappa shape index (κ2) is 4.99. The van der Waals surface area contributed by atoms with Crippen LogP contribution in [0.1, 0.15) is 44.1 Å². The number of anilines is 1. The molecule has 0 spiro atoms. The fraction of sp³-hybridized carbons (Fsp3) is 0.556. The molecule has 1 nitrogen and oxygen atoms in total. The summed E-state index contributed by atoms with van der Waals surface area (Å²) in [4.78, 5) is 0. The zero-order valence-electron chi connectivity index (χ0n) is 12.8.